The molecule has 0 amide bonds. The van der Waals surface area contributed by atoms with Crippen molar-refractivity contribution >= 4 is 28.9 Å². The van der Waals surface area contributed by atoms with Crippen LogP contribution in [-0.4, -0.2) is 22.3 Å². The molecule has 5 nitrogen and oxygen atoms in total. The van der Waals surface area contributed by atoms with Gasteiger partial charge in [-0.05, 0) is 24.6 Å². The number of halogens is 1. The van der Waals surface area contributed by atoms with Crippen LogP contribution in [0.5, 0.6) is 0 Å². The van der Waals surface area contributed by atoms with Crippen molar-refractivity contribution in [3.8, 4) is 0 Å². The second kappa shape index (κ2) is 7.92. The van der Waals surface area contributed by atoms with E-state index in [9.17, 15) is 0 Å². The van der Waals surface area contributed by atoms with Crippen LogP contribution in [-0.2, 0) is 0 Å². The van der Waals surface area contributed by atoms with Crippen LogP contribution in [0.2, 0.25) is 5.02 Å². The van der Waals surface area contributed by atoms with E-state index in [1.807, 2.05) is 32.9 Å². The molecule has 2 heterocycles. The highest BCUT2D eigenvalue weighted by Gasteiger charge is 2.25. The van der Waals surface area contributed by atoms with Gasteiger partial charge in [0.2, 0.25) is 0 Å². The maximum absolute atomic E-state index is 6.19. The molecule has 1 saturated heterocycles. The van der Waals surface area contributed by atoms with Crippen molar-refractivity contribution in [3.05, 3.63) is 47.4 Å². The minimum absolute atomic E-state index is 0.292. The normalized spacial score (nSPS) is 18.4. The molecule has 3 rings (SSSR count). The third kappa shape index (κ3) is 4.20. The molecule has 0 saturated carbocycles. The van der Waals surface area contributed by atoms with Crippen LogP contribution in [0.25, 0.3) is 0 Å². The highest BCUT2D eigenvalue weighted by atomic mass is 35.5. The lowest BCUT2D eigenvalue weighted by molar-refractivity contribution is 0.773. The molecule has 1 fully saturated rings. The van der Waals surface area contributed by atoms with E-state index >= 15 is 0 Å². The van der Waals surface area contributed by atoms with Crippen LogP contribution in [0.15, 0.2) is 41.8 Å². The summed E-state index contributed by atoms with van der Waals surface area (Å²) in [6.07, 6.45) is 3.18. The van der Waals surface area contributed by atoms with Gasteiger partial charge in [0.15, 0.2) is 5.82 Å². The number of hydrazine groups is 1. The quantitative estimate of drug-likeness (QED) is 0.898. The summed E-state index contributed by atoms with van der Waals surface area (Å²) < 4.78 is 0. The molecule has 1 unspecified atom stereocenters. The Kier molecular flexibility index (Phi) is 5.93. The van der Waals surface area contributed by atoms with Crippen molar-refractivity contribution < 1.29 is 0 Å². The number of benzene rings is 1. The summed E-state index contributed by atoms with van der Waals surface area (Å²) in [7, 11) is 0. The van der Waals surface area contributed by atoms with Crippen LogP contribution in [0, 0.1) is 12.8 Å². The van der Waals surface area contributed by atoms with Crippen molar-refractivity contribution in [2.75, 3.05) is 11.6 Å². The number of hydrogen-bond acceptors (Lipinski definition) is 4. The number of aromatic nitrogens is 2. The number of amidine groups is 1. The number of nitrogens with one attached hydrogen (secondary N) is 1. The molecule has 2 aromatic rings. The standard InChI is InChI=1S/C15H16ClN5.C2H6/c1-10-3-4-12(7-13(10)16)21-8-11(2)15(20-21)19-14-5-6-17-9-18-14;1-2/h3-7,9,11H,8H2,1-2H3,(H,17,18,19,20);1-2H3. The maximum atomic E-state index is 6.19. The first-order chi connectivity index (χ1) is 11.1. The largest absolute Gasteiger partial charge is 0.286 e. The zero-order valence-corrected chi connectivity index (χ0v) is 14.7. The van der Waals surface area contributed by atoms with Crippen molar-refractivity contribution in [2.45, 2.75) is 27.7 Å². The number of nitrogens with zero attached hydrogens (tertiary/aromatic N) is 4. The van der Waals surface area contributed by atoms with E-state index in [0.29, 0.717) is 11.7 Å². The highest BCUT2D eigenvalue weighted by molar-refractivity contribution is 6.31. The summed E-state index contributed by atoms with van der Waals surface area (Å²) in [5, 5.41) is 2.82. The molecule has 1 aromatic carbocycles. The van der Waals surface area contributed by atoms with Gasteiger partial charge in [0.05, 0.1) is 5.69 Å². The first kappa shape index (κ1) is 17.2. The molecule has 0 aliphatic carbocycles. The minimum Gasteiger partial charge on any atom is -0.286 e. The Morgan fingerprint density at radius 3 is 2.74 bits per heavy atom. The Balaban J connectivity index is 0.000000924. The second-order valence-corrected chi connectivity index (χ2v) is 5.53. The fourth-order valence-electron chi connectivity index (χ4n) is 2.18. The molecule has 0 radical (unpaired) electrons. The summed E-state index contributed by atoms with van der Waals surface area (Å²) in [6, 6.07) is 7.81. The van der Waals surface area contributed by atoms with Crippen LogP contribution in [0.4, 0.5) is 11.5 Å². The Morgan fingerprint density at radius 2 is 2.09 bits per heavy atom. The SMILES string of the molecule is CC.Cc1ccc(N2CC(C)C(=Nc3ccncn3)N2)cc1Cl. The molecular formula is C17H22ClN5. The van der Waals surface area contributed by atoms with Gasteiger partial charge < -0.3 is 0 Å². The smallest absolute Gasteiger partial charge is 0.157 e. The number of anilines is 1. The number of rotatable bonds is 2. The highest BCUT2D eigenvalue weighted by Crippen LogP contribution is 2.25. The average Bonchev–Trinajstić information content (AvgIpc) is 2.94. The van der Waals surface area contributed by atoms with Crippen LogP contribution < -0.4 is 10.4 Å². The van der Waals surface area contributed by atoms with E-state index in [2.05, 4.69) is 38.4 Å². The van der Waals surface area contributed by atoms with Gasteiger partial charge in [-0.1, -0.05) is 38.4 Å². The van der Waals surface area contributed by atoms with E-state index in [4.69, 9.17) is 11.6 Å². The zero-order chi connectivity index (χ0) is 16.8. The Morgan fingerprint density at radius 1 is 1.30 bits per heavy atom. The van der Waals surface area contributed by atoms with Crippen LogP contribution in [0.3, 0.4) is 0 Å². The lowest BCUT2D eigenvalue weighted by Crippen LogP contribution is -2.33. The summed E-state index contributed by atoms with van der Waals surface area (Å²) in [5.74, 6) is 1.84. The number of aliphatic imine (C=N–C) groups is 1. The van der Waals surface area contributed by atoms with Gasteiger partial charge in [0.25, 0.3) is 0 Å². The molecular weight excluding hydrogens is 310 g/mol. The molecule has 0 bridgehead atoms. The van der Waals surface area contributed by atoms with Gasteiger partial charge in [-0.25, -0.2) is 15.0 Å². The van der Waals surface area contributed by atoms with E-state index in [1.165, 1.54) is 6.33 Å². The lowest BCUT2D eigenvalue weighted by atomic mass is 10.2. The van der Waals surface area contributed by atoms with Crippen molar-refractivity contribution in [2.24, 2.45) is 10.9 Å². The zero-order valence-electron chi connectivity index (χ0n) is 13.9. The second-order valence-electron chi connectivity index (χ2n) is 5.12. The van der Waals surface area contributed by atoms with Gasteiger partial charge >= 0.3 is 0 Å². The molecule has 1 aliphatic rings. The molecule has 1 atom stereocenters. The van der Waals surface area contributed by atoms with Gasteiger partial charge in [0.1, 0.15) is 12.2 Å². The first-order valence-corrected chi connectivity index (χ1v) is 8.16. The van der Waals surface area contributed by atoms with Gasteiger partial charge in [-0.2, -0.15) is 0 Å². The summed E-state index contributed by atoms with van der Waals surface area (Å²) in [5.41, 5.74) is 5.42. The first-order valence-electron chi connectivity index (χ1n) is 7.78. The maximum Gasteiger partial charge on any atom is 0.157 e. The predicted octanol–water partition coefficient (Wildman–Crippen LogP) is 4.16. The van der Waals surface area contributed by atoms with Gasteiger partial charge in [-0.15, -0.1) is 0 Å². The molecule has 0 spiro atoms. The molecule has 1 aromatic heterocycles. The Bertz CT molecular complexity index is 672. The van der Waals surface area contributed by atoms with Gasteiger partial charge in [-0.3, -0.25) is 10.4 Å². The summed E-state index contributed by atoms with van der Waals surface area (Å²) >= 11 is 6.19. The Hall–Kier alpha value is -2.14. The average molecular weight is 332 g/mol. The fraction of sp³-hybridized carbons (Fsp3) is 0.353. The molecule has 122 valence electrons. The summed E-state index contributed by atoms with van der Waals surface area (Å²) in [6.45, 7) is 8.96. The third-order valence-electron chi connectivity index (χ3n) is 3.44. The van der Waals surface area contributed by atoms with Crippen molar-refractivity contribution in [1.29, 1.82) is 0 Å². The van der Waals surface area contributed by atoms with E-state index < -0.39 is 0 Å². The summed E-state index contributed by atoms with van der Waals surface area (Å²) in [4.78, 5) is 12.6. The molecule has 1 N–H and O–H groups in total. The Labute approximate surface area is 142 Å². The molecule has 23 heavy (non-hydrogen) atoms. The van der Waals surface area contributed by atoms with Gasteiger partial charge in [0, 0.05) is 29.7 Å². The van der Waals surface area contributed by atoms with E-state index in [1.54, 1.807) is 12.3 Å². The minimum atomic E-state index is 0.292. The topological polar surface area (TPSA) is 53.4 Å². The van der Waals surface area contributed by atoms with E-state index in [0.717, 1.165) is 28.7 Å². The van der Waals surface area contributed by atoms with E-state index in [-0.39, 0.29) is 0 Å². The van der Waals surface area contributed by atoms with Crippen molar-refractivity contribution in [1.82, 2.24) is 15.4 Å². The molecule has 6 heteroatoms. The predicted molar refractivity (Wildman–Crippen MR) is 96.3 cm³/mol. The third-order valence-corrected chi connectivity index (χ3v) is 3.85. The van der Waals surface area contributed by atoms with Crippen molar-refractivity contribution in [3.63, 3.8) is 0 Å². The fourth-order valence-corrected chi connectivity index (χ4v) is 2.36. The monoisotopic (exact) mass is 331 g/mol. The number of aryl methyl sites for hydroxylation is 1. The number of hydrogen-bond donors (Lipinski definition) is 1. The lowest BCUT2D eigenvalue weighted by Gasteiger charge is -2.18. The van der Waals surface area contributed by atoms with Crippen LogP contribution >= 0.6 is 11.6 Å². The molecule has 1 aliphatic heterocycles. The van der Waals surface area contributed by atoms with Crippen LogP contribution in [0.1, 0.15) is 26.3 Å².